The number of thioether (sulfide) groups is 1. The summed E-state index contributed by atoms with van der Waals surface area (Å²) in [5.41, 5.74) is 1.88. The second kappa shape index (κ2) is 9.04. The van der Waals surface area contributed by atoms with Gasteiger partial charge in [-0.05, 0) is 67.7 Å². The van der Waals surface area contributed by atoms with E-state index in [0.717, 1.165) is 29.2 Å². The lowest BCUT2D eigenvalue weighted by atomic mass is 9.94. The Morgan fingerprint density at radius 1 is 1.31 bits per heavy atom. The normalized spacial score (nSPS) is 26.0. The number of benzene rings is 1. The number of aliphatic hydroxyl groups is 1. The highest BCUT2D eigenvalue weighted by atomic mass is 32.2. The molecule has 1 amide bonds. The fourth-order valence-electron chi connectivity index (χ4n) is 5.36. The fraction of sp³-hybridized carbons (Fsp3) is 0.440. The molecule has 1 saturated heterocycles. The molecule has 7 heteroatoms. The minimum absolute atomic E-state index is 0.00462. The number of carbonyl (C=O) groups is 1. The van der Waals surface area contributed by atoms with Gasteiger partial charge in [0.15, 0.2) is 0 Å². The van der Waals surface area contributed by atoms with Gasteiger partial charge in [0.25, 0.3) is 5.91 Å². The molecule has 168 valence electrons. The number of furan rings is 1. The van der Waals surface area contributed by atoms with Gasteiger partial charge < -0.3 is 14.3 Å². The van der Waals surface area contributed by atoms with Crippen LogP contribution in [0.3, 0.4) is 0 Å². The van der Waals surface area contributed by atoms with Crippen molar-refractivity contribution in [3.8, 4) is 17.1 Å². The number of carbonyl (C=O) groups excluding carboxylic acids is 1. The van der Waals surface area contributed by atoms with E-state index in [0.29, 0.717) is 39.5 Å². The van der Waals surface area contributed by atoms with Crippen LogP contribution in [-0.2, 0) is 11.2 Å². The number of aryl methyl sites for hydroxylation is 1. The highest BCUT2D eigenvalue weighted by Crippen LogP contribution is 2.49. The van der Waals surface area contributed by atoms with Gasteiger partial charge in [-0.15, -0.1) is 0 Å². The predicted octanol–water partition coefficient (Wildman–Crippen LogP) is 5.27. The number of aliphatic hydroxyl groups excluding tert-OH is 1. The zero-order valence-electron chi connectivity index (χ0n) is 18.1. The van der Waals surface area contributed by atoms with E-state index < -0.39 is 0 Å². The second-order valence-electron chi connectivity index (χ2n) is 8.85. The van der Waals surface area contributed by atoms with Gasteiger partial charge in [0.05, 0.1) is 12.0 Å². The van der Waals surface area contributed by atoms with Crippen molar-refractivity contribution in [1.29, 1.82) is 0 Å². The molecule has 3 aliphatic rings. The monoisotopic (exact) mass is 469 g/mol. The summed E-state index contributed by atoms with van der Waals surface area (Å²) < 4.78 is 12.2. The maximum Gasteiger partial charge on any atom is 0.266 e. The van der Waals surface area contributed by atoms with Crippen molar-refractivity contribution in [2.24, 2.45) is 11.8 Å². The summed E-state index contributed by atoms with van der Waals surface area (Å²) in [5, 5.41) is 9.33. The number of hydrogen-bond acceptors (Lipinski definition) is 6. The molecule has 1 aliphatic heterocycles. The number of nitrogens with zero attached hydrogens (tertiary/aromatic N) is 1. The van der Waals surface area contributed by atoms with E-state index in [2.05, 4.69) is 0 Å². The van der Waals surface area contributed by atoms with Crippen molar-refractivity contribution in [2.45, 2.75) is 44.6 Å². The zero-order valence-corrected chi connectivity index (χ0v) is 19.7. The Bertz CT molecular complexity index is 1080. The van der Waals surface area contributed by atoms with E-state index in [4.69, 9.17) is 21.4 Å². The van der Waals surface area contributed by atoms with Gasteiger partial charge in [0.2, 0.25) is 0 Å². The first-order chi connectivity index (χ1) is 15.6. The van der Waals surface area contributed by atoms with Crippen molar-refractivity contribution >= 4 is 40.3 Å². The Morgan fingerprint density at radius 3 is 2.91 bits per heavy atom. The summed E-state index contributed by atoms with van der Waals surface area (Å²) >= 11 is 7.00. The van der Waals surface area contributed by atoms with Gasteiger partial charge in [-0.2, -0.15) is 0 Å². The van der Waals surface area contributed by atoms with Crippen LogP contribution in [-0.4, -0.2) is 40.0 Å². The van der Waals surface area contributed by atoms with Crippen LogP contribution in [0.5, 0.6) is 5.75 Å². The second-order valence-corrected chi connectivity index (χ2v) is 10.5. The van der Waals surface area contributed by atoms with Crippen LogP contribution >= 0.6 is 24.0 Å². The SMILES string of the molecule is COc1cccc(-c2cc(CCCO)c(/C=C3\SC(=S)N(C4CC5CCC4C5)C3=O)o2)c1. The summed E-state index contributed by atoms with van der Waals surface area (Å²) in [6.07, 6.45) is 7.94. The first-order valence-electron chi connectivity index (χ1n) is 11.2. The summed E-state index contributed by atoms with van der Waals surface area (Å²) in [4.78, 5) is 15.8. The van der Waals surface area contributed by atoms with Gasteiger partial charge in [-0.3, -0.25) is 9.69 Å². The third-order valence-electron chi connectivity index (χ3n) is 6.92. The Kier molecular flexibility index (Phi) is 6.14. The third-order valence-corrected chi connectivity index (χ3v) is 8.25. The molecule has 2 heterocycles. The zero-order chi connectivity index (χ0) is 22.2. The number of amides is 1. The topological polar surface area (TPSA) is 62.9 Å². The molecular weight excluding hydrogens is 442 g/mol. The molecule has 2 bridgehead atoms. The van der Waals surface area contributed by atoms with E-state index in [1.54, 1.807) is 7.11 Å². The number of methoxy groups -OCH3 is 1. The summed E-state index contributed by atoms with van der Waals surface area (Å²) in [6.45, 7) is 0.103. The number of hydrogen-bond donors (Lipinski definition) is 1. The Balaban J connectivity index is 1.45. The highest BCUT2D eigenvalue weighted by Gasteiger charge is 2.48. The molecule has 3 fully saturated rings. The van der Waals surface area contributed by atoms with Crippen LogP contribution < -0.4 is 4.74 Å². The van der Waals surface area contributed by atoms with E-state index in [9.17, 15) is 9.90 Å². The van der Waals surface area contributed by atoms with Crippen molar-refractivity contribution in [1.82, 2.24) is 4.90 Å². The van der Waals surface area contributed by atoms with Crippen LogP contribution in [0.4, 0.5) is 0 Å². The molecule has 2 aliphatic carbocycles. The van der Waals surface area contributed by atoms with E-state index >= 15 is 0 Å². The molecule has 1 N–H and O–H groups in total. The molecule has 1 aromatic carbocycles. The Hall–Kier alpha value is -2.09. The van der Waals surface area contributed by atoms with Crippen molar-refractivity contribution in [2.75, 3.05) is 13.7 Å². The van der Waals surface area contributed by atoms with Gasteiger partial charge >= 0.3 is 0 Å². The van der Waals surface area contributed by atoms with Crippen LogP contribution in [0.1, 0.15) is 43.4 Å². The van der Waals surface area contributed by atoms with Gasteiger partial charge in [0.1, 0.15) is 21.6 Å². The molecule has 2 saturated carbocycles. The van der Waals surface area contributed by atoms with E-state index in [-0.39, 0.29) is 18.6 Å². The number of ether oxygens (including phenoxy) is 1. The maximum absolute atomic E-state index is 13.3. The quantitative estimate of drug-likeness (QED) is 0.440. The van der Waals surface area contributed by atoms with Gasteiger partial charge in [-0.25, -0.2) is 0 Å². The van der Waals surface area contributed by atoms with E-state index in [1.807, 2.05) is 41.3 Å². The standard InChI is InChI=1S/C25H27NO4S2/c1-29-19-6-2-4-17(12-19)21-13-18(5-3-9-27)22(30-21)14-23-24(28)26(25(31)32-23)20-11-15-7-8-16(20)10-15/h2,4,6,12-16,20,27H,3,5,7-11H2,1H3/b23-14-. The molecule has 5 rings (SSSR count). The molecule has 2 aromatic rings. The van der Waals surface area contributed by atoms with Gasteiger partial charge in [-0.1, -0.05) is 42.5 Å². The Labute approximate surface area is 197 Å². The van der Waals surface area contributed by atoms with Crippen LogP contribution in [0.2, 0.25) is 0 Å². The summed E-state index contributed by atoms with van der Waals surface area (Å²) in [7, 11) is 1.64. The number of rotatable bonds is 7. The molecule has 1 aromatic heterocycles. The first kappa shape index (κ1) is 21.7. The van der Waals surface area contributed by atoms with Crippen LogP contribution in [0.25, 0.3) is 17.4 Å². The lowest BCUT2D eigenvalue weighted by molar-refractivity contribution is -0.124. The average Bonchev–Trinajstić information content (AvgIpc) is 3.57. The number of fused-ring (bicyclic) bond motifs is 2. The predicted molar refractivity (Wildman–Crippen MR) is 130 cm³/mol. The summed E-state index contributed by atoms with van der Waals surface area (Å²) in [6, 6.07) is 9.95. The number of thiocarbonyl (C=S) groups is 1. The molecule has 0 radical (unpaired) electrons. The molecule has 0 spiro atoms. The first-order valence-corrected chi connectivity index (χ1v) is 12.4. The lowest BCUT2D eigenvalue weighted by Crippen LogP contribution is -2.41. The largest absolute Gasteiger partial charge is 0.497 e. The van der Waals surface area contributed by atoms with E-state index in [1.165, 1.54) is 31.0 Å². The van der Waals surface area contributed by atoms with Gasteiger partial charge in [0, 0.05) is 24.3 Å². The van der Waals surface area contributed by atoms with Crippen molar-refractivity contribution < 1.29 is 19.1 Å². The molecule has 3 atom stereocenters. The molecule has 3 unspecified atom stereocenters. The highest BCUT2D eigenvalue weighted by molar-refractivity contribution is 8.26. The van der Waals surface area contributed by atoms with Crippen molar-refractivity contribution in [3.63, 3.8) is 0 Å². The minimum Gasteiger partial charge on any atom is -0.497 e. The van der Waals surface area contributed by atoms with Crippen LogP contribution in [0.15, 0.2) is 39.7 Å². The maximum atomic E-state index is 13.3. The molecule has 5 nitrogen and oxygen atoms in total. The smallest absolute Gasteiger partial charge is 0.266 e. The molecular formula is C25H27NO4S2. The third kappa shape index (κ3) is 4.02. The van der Waals surface area contributed by atoms with Crippen LogP contribution in [0, 0.1) is 11.8 Å². The Morgan fingerprint density at radius 2 is 2.19 bits per heavy atom. The minimum atomic E-state index is 0.00462. The lowest BCUT2D eigenvalue weighted by Gasteiger charge is -2.30. The average molecular weight is 470 g/mol. The fourth-order valence-corrected chi connectivity index (χ4v) is 6.70. The molecule has 32 heavy (non-hydrogen) atoms. The summed E-state index contributed by atoms with van der Waals surface area (Å²) in [5.74, 6) is 3.47. The van der Waals surface area contributed by atoms with Crippen molar-refractivity contribution in [3.05, 3.63) is 46.6 Å².